The predicted octanol–water partition coefficient (Wildman–Crippen LogP) is 2.57. The lowest BCUT2D eigenvalue weighted by Gasteiger charge is -2.03. The number of carbonyl (C=O) groups is 2. The van der Waals surface area contributed by atoms with Crippen LogP contribution in [0.1, 0.15) is 5.56 Å². The largest absolute Gasteiger partial charge is 0.329 e. The molecule has 2 aromatic carbocycles. The third kappa shape index (κ3) is 4.68. The standard InChI is InChI=1S/C15H11ClFN3O2/c16-11-4-1-3-10(7-11)9-18-20-15(22)14(21)19-13-6-2-5-12(17)8-13/h1-9H,(H,19,21)(H,20,22)/b18-9+. The lowest BCUT2D eigenvalue weighted by atomic mass is 10.2. The average molecular weight is 320 g/mol. The van der Waals surface area contributed by atoms with Crippen LogP contribution in [0.2, 0.25) is 5.02 Å². The molecular formula is C15H11ClFN3O2. The number of hydrazone groups is 1. The Morgan fingerprint density at radius 1 is 1.09 bits per heavy atom. The molecule has 2 aromatic rings. The number of hydrogen-bond donors (Lipinski definition) is 2. The van der Waals surface area contributed by atoms with Crippen molar-refractivity contribution in [1.29, 1.82) is 0 Å². The summed E-state index contributed by atoms with van der Waals surface area (Å²) in [4.78, 5) is 23.1. The zero-order valence-electron chi connectivity index (χ0n) is 11.2. The number of rotatable bonds is 3. The number of carbonyl (C=O) groups excluding carboxylic acids is 2. The first kappa shape index (κ1) is 15.7. The molecule has 0 aliphatic heterocycles. The summed E-state index contributed by atoms with van der Waals surface area (Å²) in [6.45, 7) is 0. The van der Waals surface area contributed by atoms with Gasteiger partial charge >= 0.3 is 11.8 Å². The van der Waals surface area contributed by atoms with Crippen LogP contribution < -0.4 is 10.7 Å². The average Bonchev–Trinajstić information content (AvgIpc) is 2.47. The van der Waals surface area contributed by atoms with Gasteiger partial charge in [0.1, 0.15) is 5.82 Å². The molecule has 0 atom stereocenters. The summed E-state index contributed by atoms with van der Waals surface area (Å²) >= 11 is 5.80. The van der Waals surface area contributed by atoms with E-state index in [9.17, 15) is 14.0 Å². The molecule has 0 fully saturated rings. The Kier molecular flexibility index (Phi) is 5.21. The number of anilines is 1. The van der Waals surface area contributed by atoms with Gasteiger partial charge in [-0.15, -0.1) is 0 Å². The van der Waals surface area contributed by atoms with Crippen LogP contribution in [-0.2, 0) is 9.59 Å². The molecule has 0 bridgehead atoms. The quantitative estimate of drug-likeness (QED) is 0.518. The van der Waals surface area contributed by atoms with Crippen molar-refractivity contribution < 1.29 is 14.0 Å². The molecule has 0 aromatic heterocycles. The van der Waals surface area contributed by atoms with Gasteiger partial charge in [0.2, 0.25) is 0 Å². The fourth-order valence-corrected chi connectivity index (χ4v) is 1.76. The van der Waals surface area contributed by atoms with Gasteiger partial charge in [0.05, 0.1) is 6.21 Å². The zero-order valence-corrected chi connectivity index (χ0v) is 12.0. The van der Waals surface area contributed by atoms with E-state index in [1.165, 1.54) is 24.4 Å². The predicted molar refractivity (Wildman–Crippen MR) is 82.2 cm³/mol. The number of halogens is 2. The van der Waals surface area contributed by atoms with Crippen LogP contribution >= 0.6 is 11.6 Å². The minimum Gasteiger partial charge on any atom is -0.318 e. The van der Waals surface area contributed by atoms with E-state index < -0.39 is 17.6 Å². The molecule has 2 rings (SSSR count). The highest BCUT2D eigenvalue weighted by atomic mass is 35.5. The van der Waals surface area contributed by atoms with E-state index in [0.29, 0.717) is 10.6 Å². The van der Waals surface area contributed by atoms with Crippen LogP contribution in [0.4, 0.5) is 10.1 Å². The summed E-state index contributed by atoms with van der Waals surface area (Å²) < 4.78 is 13.0. The van der Waals surface area contributed by atoms with Gasteiger partial charge in [0.25, 0.3) is 0 Å². The summed E-state index contributed by atoms with van der Waals surface area (Å²) in [5.41, 5.74) is 2.91. The number of nitrogens with one attached hydrogen (secondary N) is 2. The van der Waals surface area contributed by atoms with E-state index in [4.69, 9.17) is 11.6 Å². The zero-order chi connectivity index (χ0) is 15.9. The first-order chi connectivity index (χ1) is 10.5. The second kappa shape index (κ2) is 7.33. The molecule has 0 aliphatic rings. The summed E-state index contributed by atoms with van der Waals surface area (Å²) in [6, 6.07) is 12.0. The highest BCUT2D eigenvalue weighted by Crippen LogP contribution is 2.09. The Labute approximate surface area is 130 Å². The number of amides is 2. The molecule has 2 N–H and O–H groups in total. The van der Waals surface area contributed by atoms with Crippen molar-refractivity contribution >= 4 is 35.3 Å². The molecule has 22 heavy (non-hydrogen) atoms. The van der Waals surface area contributed by atoms with E-state index >= 15 is 0 Å². The highest BCUT2D eigenvalue weighted by Gasteiger charge is 2.12. The molecule has 0 spiro atoms. The van der Waals surface area contributed by atoms with Crippen molar-refractivity contribution in [2.45, 2.75) is 0 Å². The fraction of sp³-hybridized carbons (Fsp3) is 0. The maximum Gasteiger partial charge on any atom is 0.329 e. The van der Waals surface area contributed by atoms with Gasteiger partial charge in [0.15, 0.2) is 0 Å². The van der Waals surface area contributed by atoms with E-state index in [-0.39, 0.29) is 5.69 Å². The van der Waals surface area contributed by atoms with Gasteiger partial charge in [-0.3, -0.25) is 9.59 Å². The van der Waals surface area contributed by atoms with E-state index in [0.717, 1.165) is 6.07 Å². The normalized spacial score (nSPS) is 10.5. The Bertz CT molecular complexity index is 734. The van der Waals surface area contributed by atoms with Gasteiger partial charge in [-0.05, 0) is 35.9 Å². The summed E-state index contributed by atoms with van der Waals surface area (Å²) in [7, 11) is 0. The maximum atomic E-state index is 13.0. The molecule has 7 heteroatoms. The molecule has 5 nitrogen and oxygen atoms in total. The summed E-state index contributed by atoms with van der Waals surface area (Å²) in [5.74, 6) is -2.44. The van der Waals surface area contributed by atoms with Crippen LogP contribution in [0.15, 0.2) is 53.6 Å². The molecule has 2 amide bonds. The number of benzene rings is 2. The molecule has 0 saturated carbocycles. The van der Waals surface area contributed by atoms with Crippen LogP contribution in [0.3, 0.4) is 0 Å². The van der Waals surface area contributed by atoms with E-state index in [2.05, 4.69) is 15.8 Å². The van der Waals surface area contributed by atoms with E-state index in [1.807, 2.05) is 0 Å². The fourth-order valence-electron chi connectivity index (χ4n) is 1.56. The van der Waals surface area contributed by atoms with Gasteiger partial charge in [-0.25, -0.2) is 9.82 Å². The van der Waals surface area contributed by atoms with Crippen LogP contribution in [0.5, 0.6) is 0 Å². The van der Waals surface area contributed by atoms with Crippen molar-refractivity contribution in [1.82, 2.24) is 5.43 Å². The first-order valence-corrected chi connectivity index (χ1v) is 6.58. The van der Waals surface area contributed by atoms with Crippen LogP contribution in [0.25, 0.3) is 0 Å². The van der Waals surface area contributed by atoms with Gasteiger partial charge in [-0.2, -0.15) is 5.10 Å². The van der Waals surface area contributed by atoms with Crippen molar-refractivity contribution in [2.75, 3.05) is 5.32 Å². The SMILES string of the molecule is O=C(N/N=C/c1cccc(Cl)c1)C(=O)Nc1cccc(F)c1. The second-order valence-electron chi connectivity index (χ2n) is 4.22. The molecule has 0 radical (unpaired) electrons. The van der Waals surface area contributed by atoms with Gasteiger partial charge in [0, 0.05) is 10.7 Å². The second-order valence-corrected chi connectivity index (χ2v) is 4.66. The van der Waals surface area contributed by atoms with Crippen molar-refractivity contribution in [3.63, 3.8) is 0 Å². The molecular weight excluding hydrogens is 309 g/mol. The number of hydrogen-bond acceptors (Lipinski definition) is 3. The van der Waals surface area contributed by atoms with Crippen LogP contribution in [0, 0.1) is 5.82 Å². The topological polar surface area (TPSA) is 70.6 Å². The molecule has 0 aliphatic carbocycles. The van der Waals surface area contributed by atoms with Gasteiger partial charge in [-0.1, -0.05) is 29.8 Å². The van der Waals surface area contributed by atoms with Gasteiger partial charge < -0.3 is 5.32 Å². The van der Waals surface area contributed by atoms with Crippen molar-refractivity contribution in [3.05, 3.63) is 64.9 Å². The lowest BCUT2D eigenvalue weighted by Crippen LogP contribution is -2.32. The summed E-state index contributed by atoms with van der Waals surface area (Å²) in [5, 5.41) is 6.43. The molecule has 0 unspecified atom stereocenters. The Morgan fingerprint density at radius 2 is 1.86 bits per heavy atom. The molecule has 0 saturated heterocycles. The van der Waals surface area contributed by atoms with Crippen molar-refractivity contribution in [2.24, 2.45) is 5.10 Å². The minimum atomic E-state index is -0.970. The Balaban J connectivity index is 1.90. The van der Waals surface area contributed by atoms with Crippen molar-refractivity contribution in [3.8, 4) is 0 Å². The Hall–Kier alpha value is -2.73. The highest BCUT2D eigenvalue weighted by molar-refractivity contribution is 6.39. The molecule has 0 heterocycles. The molecule has 112 valence electrons. The first-order valence-electron chi connectivity index (χ1n) is 6.20. The smallest absolute Gasteiger partial charge is 0.318 e. The van der Waals surface area contributed by atoms with E-state index in [1.54, 1.807) is 24.3 Å². The maximum absolute atomic E-state index is 13.0. The third-order valence-corrected chi connectivity index (χ3v) is 2.75. The monoisotopic (exact) mass is 319 g/mol. The number of nitrogens with zero attached hydrogens (tertiary/aromatic N) is 1. The van der Waals surface area contributed by atoms with Crippen LogP contribution in [-0.4, -0.2) is 18.0 Å². The Morgan fingerprint density at radius 3 is 2.59 bits per heavy atom. The third-order valence-electron chi connectivity index (χ3n) is 2.52. The summed E-state index contributed by atoms with van der Waals surface area (Å²) in [6.07, 6.45) is 1.35. The minimum absolute atomic E-state index is 0.180. The lowest BCUT2D eigenvalue weighted by molar-refractivity contribution is -0.136.